The summed E-state index contributed by atoms with van der Waals surface area (Å²) in [6.45, 7) is 1.29. The van der Waals surface area contributed by atoms with Crippen molar-refractivity contribution in [1.29, 1.82) is 0 Å². The molecular weight excluding hydrogens is 352 g/mol. The zero-order chi connectivity index (χ0) is 18.5. The van der Waals surface area contributed by atoms with Crippen LogP contribution in [0.5, 0.6) is 5.75 Å². The minimum Gasteiger partial charge on any atom is -0.497 e. The molecule has 0 bridgehead atoms. The molecule has 0 aromatic heterocycles. The van der Waals surface area contributed by atoms with Gasteiger partial charge in [-0.15, -0.1) is 0 Å². The van der Waals surface area contributed by atoms with Crippen LogP contribution in [0, 0.1) is 5.92 Å². The molecule has 1 aliphatic heterocycles. The molecule has 1 atom stereocenters. The second-order valence-electron chi connectivity index (χ2n) is 6.33. The van der Waals surface area contributed by atoms with Crippen molar-refractivity contribution in [2.24, 2.45) is 5.92 Å². The van der Waals surface area contributed by atoms with Crippen LogP contribution in [0.4, 0.5) is 0 Å². The number of nitrogens with zero attached hydrogens (tertiary/aromatic N) is 1. The highest BCUT2D eigenvalue weighted by Crippen LogP contribution is 2.22. The number of methoxy groups -OCH3 is 1. The maximum atomic E-state index is 12.4. The van der Waals surface area contributed by atoms with Gasteiger partial charge < -0.3 is 15.0 Å². The smallest absolute Gasteiger partial charge is 0.225 e. The first kappa shape index (κ1) is 18.3. The van der Waals surface area contributed by atoms with Crippen LogP contribution in [0.25, 0.3) is 0 Å². The van der Waals surface area contributed by atoms with E-state index in [1.807, 2.05) is 42.5 Å². The lowest BCUT2D eigenvalue weighted by Gasteiger charge is -2.17. The largest absolute Gasteiger partial charge is 0.497 e. The van der Waals surface area contributed by atoms with Crippen LogP contribution in [-0.4, -0.2) is 30.4 Å². The first-order chi connectivity index (χ1) is 12.6. The van der Waals surface area contributed by atoms with Crippen LogP contribution < -0.4 is 10.1 Å². The van der Waals surface area contributed by atoms with E-state index in [1.165, 1.54) is 0 Å². The van der Waals surface area contributed by atoms with E-state index in [4.69, 9.17) is 16.3 Å². The minimum absolute atomic E-state index is 0.00119. The molecule has 1 heterocycles. The van der Waals surface area contributed by atoms with Crippen molar-refractivity contribution in [1.82, 2.24) is 10.2 Å². The summed E-state index contributed by atoms with van der Waals surface area (Å²) in [6, 6.07) is 15.0. The lowest BCUT2D eigenvalue weighted by Crippen LogP contribution is -2.32. The number of nitrogens with one attached hydrogen (secondary N) is 1. The van der Waals surface area contributed by atoms with E-state index in [2.05, 4.69) is 5.32 Å². The quantitative estimate of drug-likeness (QED) is 0.848. The molecule has 0 saturated carbocycles. The Morgan fingerprint density at radius 1 is 1.23 bits per heavy atom. The molecule has 0 spiro atoms. The number of rotatable bonds is 6. The van der Waals surface area contributed by atoms with Gasteiger partial charge in [0.05, 0.1) is 13.0 Å². The number of hydrogen-bond acceptors (Lipinski definition) is 3. The third-order valence-corrected chi connectivity index (χ3v) is 4.90. The molecule has 0 aliphatic carbocycles. The molecular formula is C20H21ClN2O3. The fourth-order valence-electron chi connectivity index (χ4n) is 3.02. The SMILES string of the molecule is COc1ccc(CN2C[C@H](C(=O)NCc3ccccc3Cl)CC2=O)cc1. The third kappa shape index (κ3) is 4.35. The highest BCUT2D eigenvalue weighted by molar-refractivity contribution is 6.31. The van der Waals surface area contributed by atoms with E-state index in [-0.39, 0.29) is 24.2 Å². The molecule has 6 heteroatoms. The van der Waals surface area contributed by atoms with Gasteiger partial charge in [-0.2, -0.15) is 0 Å². The molecule has 1 saturated heterocycles. The fraction of sp³-hybridized carbons (Fsp3) is 0.300. The summed E-state index contributed by atoms with van der Waals surface area (Å²) in [4.78, 5) is 26.4. The Labute approximate surface area is 157 Å². The van der Waals surface area contributed by atoms with Gasteiger partial charge >= 0.3 is 0 Å². The number of likely N-dealkylation sites (tertiary alicyclic amines) is 1. The van der Waals surface area contributed by atoms with Gasteiger partial charge in [0.15, 0.2) is 0 Å². The predicted molar refractivity (Wildman–Crippen MR) is 99.8 cm³/mol. The first-order valence-electron chi connectivity index (χ1n) is 8.48. The van der Waals surface area contributed by atoms with E-state index in [9.17, 15) is 9.59 Å². The molecule has 2 aromatic carbocycles. The topological polar surface area (TPSA) is 58.6 Å². The highest BCUT2D eigenvalue weighted by atomic mass is 35.5. The molecule has 3 rings (SSSR count). The van der Waals surface area contributed by atoms with Crippen LogP contribution in [0.2, 0.25) is 5.02 Å². The second kappa shape index (κ2) is 8.23. The number of carbonyl (C=O) groups excluding carboxylic acids is 2. The number of amides is 2. The van der Waals surface area contributed by atoms with Gasteiger partial charge in [-0.25, -0.2) is 0 Å². The van der Waals surface area contributed by atoms with Crippen molar-refractivity contribution in [2.75, 3.05) is 13.7 Å². The Morgan fingerprint density at radius 2 is 1.96 bits per heavy atom. The fourth-order valence-corrected chi connectivity index (χ4v) is 3.22. The molecule has 136 valence electrons. The molecule has 26 heavy (non-hydrogen) atoms. The Balaban J connectivity index is 1.54. The normalized spacial score (nSPS) is 16.6. The minimum atomic E-state index is -0.330. The lowest BCUT2D eigenvalue weighted by atomic mass is 10.1. The average Bonchev–Trinajstić information content (AvgIpc) is 3.02. The van der Waals surface area contributed by atoms with E-state index >= 15 is 0 Å². The Morgan fingerprint density at radius 3 is 2.65 bits per heavy atom. The summed E-state index contributed by atoms with van der Waals surface area (Å²) in [5, 5.41) is 3.50. The van der Waals surface area contributed by atoms with Crippen LogP contribution in [0.15, 0.2) is 48.5 Å². The highest BCUT2D eigenvalue weighted by Gasteiger charge is 2.34. The summed E-state index contributed by atoms with van der Waals surface area (Å²) in [7, 11) is 1.62. The number of ether oxygens (including phenoxy) is 1. The molecule has 1 N–H and O–H groups in total. The van der Waals surface area contributed by atoms with Gasteiger partial charge in [-0.3, -0.25) is 9.59 Å². The standard InChI is InChI=1S/C20H21ClN2O3/c1-26-17-8-6-14(7-9-17)12-23-13-16(10-19(23)24)20(25)22-11-15-4-2-3-5-18(15)21/h2-9,16H,10-13H2,1H3,(H,22,25)/t16-/m1/s1. The maximum Gasteiger partial charge on any atom is 0.225 e. The second-order valence-corrected chi connectivity index (χ2v) is 6.74. The van der Waals surface area contributed by atoms with E-state index in [1.54, 1.807) is 18.1 Å². The Bertz CT molecular complexity index is 792. The van der Waals surface area contributed by atoms with Crippen molar-refractivity contribution < 1.29 is 14.3 Å². The van der Waals surface area contributed by atoms with Gasteiger partial charge in [0.2, 0.25) is 11.8 Å². The summed E-state index contributed by atoms with van der Waals surface area (Å²) >= 11 is 6.10. The summed E-state index contributed by atoms with van der Waals surface area (Å²) < 4.78 is 5.14. The third-order valence-electron chi connectivity index (χ3n) is 4.53. The van der Waals surface area contributed by atoms with Crippen molar-refractivity contribution in [3.05, 3.63) is 64.7 Å². The van der Waals surface area contributed by atoms with Gasteiger partial charge in [0, 0.05) is 31.1 Å². The maximum absolute atomic E-state index is 12.4. The van der Waals surface area contributed by atoms with Gasteiger partial charge in [-0.1, -0.05) is 41.9 Å². The first-order valence-corrected chi connectivity index (χ1v) is 8.86. The monoisotopic (exact) mass is 372 g/mol. The summed E-state index contributed by atoms with van der Waals surface area (Å²) in [5.74, 6) is 0.329. The van der Waals surface area contributed by atoms with E-state index in [0.717, 1.165) is 16.9 Å². The van der Waals surface area contributed by atoms with Crippen molar-refractivity contribution in [3.8, 4) is 5.75 Å². The molecule has 1 fully saturated rings. The number of benzene rings is 2. The zero-order valence-electron chi connectivity index (χ0n) is 14.6. The number of halogens is 1. The van der Waals surface area contributed by atoms with Crippen LogP contribution in [-0.2, 0) is 22.7 Å². The molecule has 0 radical (unpaired) electrons. The van der Waals surface area contributed by atoms with E-state index < -0.39 is 0 Å². The molecule has 2 aromatic rings. The number of hydrogen-bond donors (Lipinski definition) is 1. The van der Waals surface area contributed by atoms with Gasteiger partial charge in [-0.05, 0) is 29.3 Å². The van der Waals surface area contributed by atoms with Crippen molar-refractivity contribution in [2.45, 2.75) is 19.5 Å². The lowest BCUT2D eigenvalue weighted by molar-refractivity contribution is -0.129. The summed E-state index contributed by atoms with van der Waals surface area (Å²) in [6.07, 6.45) is 0.241. The van der Waals surface area contributed by atoms with Crippen LogP contribution in [0.3, 0.4) is 0 Å². The molecule has 5 nitrogen and oxygen atoms in total. The van der Waals surface area contributed by atoms with Crippen molar-refractivity contribution in [3.63, 3.8) is 0 Å². The van der Waals surface area contributed by atoms with Gasteiger partial charge in [0.1, 0.15) is 5.75 Å². The van der Waals surface area contributed by atoms with Crippen molar-refractivity contribution >= 4 is 23.4 Å². The summed E-state index contributed by atoms with van der Waals surface area (Å²) in [5.41, 5.74) is 1.87. The Hall–Kier alpha value is -2.53. The molecule has 0 unspecified atom stereocenters. The molecule has 2 amide bonds. The van der Waals surface area contributed by atoms with Gasteiger partial charge in [0.25, 0.3) is 0 Å². The molecule has 1 aliphatic rings. The van der Waals surface area contributed by atoms with Crippen LogP contribution >= 0.6 is 11.6 Å². The van der Waals surface area contributed by atoms with E-state index in [0.29, 0.717) is 24.7 Å². The zero-order valence-corrected chi connectivity index (χ0v) is 15.3. The Kier molecular flexibility index (Phi) is 5.78. The predicted octanol–water partition coefficient (Wildman–Crippen LogP) is 3.01. The average molecular weight is 373 g/mol. The van der Waals surface area contributed by atoms with Crippen LogP contribution in [0.1, 0.15) is 17.5 Å². The number of carbonyl (C=O) groups is 2.